The molecule has 0 amide bonds. The first kappa shape index (κ1) is 12.4. The largest absolute Gasteiger partial charge is 0.306 e. The molecule has 0 saturated carbocycles. The summed E-state index contributed by atoms with van der Waals surface area (Å²) in [6, 6.07) is 0.781. The van der Waals surface area contributed by atoms with Crippen molar-refractivity contribution in [1.29, 1.82) is 0 Å². The number of nitrogens with one attached hydrogen (secondary N) is 1. The number of hydrogen-bond donors (Lipinski definition) is 1. The van der Waals surface area contributed by atoms with Gasteiger partial charge in [-0.05, 0) is 34.1 Å². The molecule has 0 bridgehead atoms. The molecular formula is C12H20N2S. The van der Waals surface area contributed by atoms with E-state index in [0.29, 0.717) is 12.1 Å². The fourth-order valence-electron chi connectivity index (χ4n) is 1.77. The van der Waals surface area contributed by atoms with Gasteiger partial charge in [0.2, 0.25) is 0 Å². The van der Waals surface area contributed by atoms with Crippen LogP contribution in [0.5, 0.6) is 0 Å². The molecule has 2 atom stereocenters. The van der Waals surface area contributed by atoms with Crippen LogP contribution in [0.4, 0.5) is 0 Å². The van der Waals surface area contributed by atoms with Crippen molar-refractivity contribution in [2.45, 2.75) is 46.2 Å². The van der Waals surface area contributed by atoms with E-state index in [1.54, 1.807) is 11.3 Å². The highest BCUT2D eigenvalue weighted by atomic mass is 32.1. The fraction of sp³-hybridized carbons (Fsp3) is 0.583. The zero-order valence-electron chi connectivity index (χ0n) is 10.0. The summed E-state index contributed by atoms with van der Waals surface area (Å²) in [5.41, 5.74) is 1.19. The Bertz CT molecular complexity index is 330. The van der Waals surface area contributed by atoms with E-state index in [4.69, 9.17) is 0 Å². The zero-order valence-corrected chi connectivity index (χ0v) is 10.8. The highest BCUT2D eigenvalue weighted by molar-refractivity contribution is 7.11. The molecule has 2 unspecified atom stereocenters. The second-order valence-corrected chi connectivity index (χ2v) is 5.40. The Hall–Kier alpha value is -0.670. The monoisotopic (exact) mass is 224 g/mol. The average molecular weight is 224 g/mol. The Morgan fingerprint density at radius 1 is 1.47 bits per heavy atom. The topological polar surface area (TPSA) is 24.9 Å². The molecular weight excluding hydrogens is 204 g/mol. The van der Waals surface area contributed by atoms with Crippen molar-refractivity contribution in [2.24, 2.45) is 0 Å². The van der Waals surface area contributed by atoms with Crippen LogP contribution in [0.1, 0.15) is 41.9 Å². The van der Waals surface area contributed by atoms with Gasteiger partial charge in [0.05, 0.1) is 10.7 Å². The molecule has 0 aliphatic rings. The van der Waals surface area contributed by atoms with Gasteiger partial charge < -0.3 is 5.32 Å². The highest BCUT2D eigenvalue weighted by Gasteiger charge is 2.14. The van der Waals surface area contributed by atoms with Crippen LogP contribution in [-0.4, -0.2) is 11.0 Å². The first-order valence-electron chi connectivity index (χ1n) is 5.35. The van der Waals surface area contributed by atoms with Crippen molar-refractivity contribution in [2.75, 3.05) is 0 Å². The summed E-state index contributed by atoms with van der Waals surface area (Å²) in [6.07, 6.45) is 2.94. The predicted octanol–water partition coefficient (Wildman–Crippen LogP) is 3.38. The van der Waals surface area contributed by atoms with Crippen LogP contribution >= 0.6 is 11.3 Å². The van der Waals surface area contributed by atoms with Gasteiger partial charge in [-0.2, -0.15) is 0 Å². The van der Waals surface area contributed by atoms with Crippen LogP contribution in [0.2, 0.25) is 0 Å². The van der Waals surface area contributed by atoms with Crippen molar-refractivity contribution in [1.82, 2.24) is 10.3 Å². The smallest absolute Gasteiger partial charge is 0.0900 e. The summed E-state index contributed by atoms with van der Waals surface area (Å²) < 4.78 is 0. The van der Waals surface area contributed by atoms with Gasteiger partial charge in [0.25, 0.3) is 0 Å². The Labute approximate surface area is 96.4 Å². The molecule has 0 fully saturated rings. The first-order chi connectivity index (χ1) is 7.04. The fourth-order valence-corrected chi connectivity index (χ4v) is 2.68. The molecule has 0 spiro atoms. The zero-order chi connectivity index (χ0) is 11.4. The van der Waals surface area contributed by atoms with E-state index in [1.165, 1.54) is 10.6 Å². The summed E-state index contributed by atoms with van der Waals surface area (Å²) >= 11 is 1.77. The van der Waals surface area contributed by atoms with Crippen molar-refractivity contribution in [3.8, 4) is 0 Å². The number of thiazole rings is 1. The highest BCUT2D eigenvalue weighted by Crippen LogP contribution is 2.22. The van der Waals surface area contributed by atoms with Crippen LogP contribution in [0.3, 0.4) is 0 Å². The summed E-state index contributed by atoms with van der Waals surface area (Å²) in [4.78, 5) is 5.87. The van der Waals surface area contributed by atoms with Gasteiger partial charge in [-0.3, -0.25) is 0 Å². The van der Waals surface area contributed by atoms with Gasteiger partial charge in [0, 0.05) is 17.0 Å². The van der Waals surface area contributed by atoms with E-state index in [1.807, 2.05) is 6.08 Å². The molecule has 84 valence electrons. The van der Waals surface area contributed by atoms with Crippen LogP contribution in [-0.2, 0) is 0 Å². The number of rotatable bonds is 5. The summed E-state index contributed by atoms with van der Waals surface area (Å²) in [7, 11) is 0. The lowest BCUT2D eigenvalue weighted by molar-refractivity contribution is 0.475. The van der Waals surface area contributed by atoms with Crippen molar-refractivity contribution in [3.05, 3.63) is 28.2 Å². The lowest BCUT2D eigenvalue weighted by atomic mass is 10.1. The lowest BCUT2D eigenvalue weighted by Gasteiger charge is -2.18. The molecule has 1 rings (SSSR count). The third-order valence-electron chi connectivity index (χ3n) is 2.40. The molecule has 1 heterocycles. The van der Waals surface area contributed by atoms with Crippen LogP contribution in [0.15, 0.2) is 12.7 Å². The first-order valence-corrected chi connectivity index (χ1v) is 6.17. The van der Waals surface area contributed by atoms with Gasteiger partial charge in [-0.25, -0.2) is 4.98 Å². The minimum atomic E-state index is 0.324. The number of hydrogen-bond acceptors (Lipinski definition) is 3. The third kappa shape index (κ3) is 3.43. The van der Waals surface area contributed by atoms with Gasteiger partial charge in [-0.15, -0.1) is 17.9 Å². The molecule has 1 aromatic rings. The number of aryl methyl sites for hydroxylation is 2. The average Bonchev–Trinajstić information content (AvgIpc) is 2.45. The molecule has 15 heavy (non-hydrogen) atoms. The van der Waals surface area contributed by atoms with E-state index in [9.17, 15) is 0 Å². The maximum absolute atomic E-state index is 4.55. The van der Waals surface area contributed by atoms with E-state index in [0.717, 1.165) is 11.4 Å². The molecule has 0 aliphatic heterocycles. The van der Waals surface area contributed by atoms with E-state index in [-0.39, 0.29) is 0 Å². The lowest BCUT2D eigenvalue weighted by Crippen LogP contribution is -2.28. The predicted molar refractivity (Wildman–Crippen MR) is 67.4 cm³/mol. The van der Waals surface area contributed by atoms with Crippen molar-refractivity contribution in [3.63, 3.8) is 0 Å². The molecule has 0 aromatic carbocycles. The van der Waals surface area contributed by atoms with Crippen molar-refractivity contribution >= 4 is 11.3 Å². The molecule has 0 aliphatic carbocycles. The SMILES string of the molecule is C=CCC(C)NC(C)c1nc(C)sc1C. The molecule has 1 aromatic heterocycles. The molecule has 0 radical (unpaired) electrons. The number of nitrogens with zero attached hydrogens (tertiary/aromatic N) is 1. The van der Waals surface area contributed by atoms with Gasteiger partial charge >= 0.3 is 0 Å². The minimum Gasteiger partial charge on any atom is -0.306 e. The minimum absolute atomic E-state index is 0.324. The molecule has 1 N–H and O–H groups in total. The maximum atomic E-state index is 4.55. The Morgan fingerprint density at radius 3 is 2.60 bits per heavy atom. The maximum Gasteiger partial charge on any atom is 0.0900 e. The van der Waals surface area contributed by atoms with Crippen molar-refractivity contribution < 1.29 is 0 Å². The summed E-state index contributed by atoms with van der Waals surface area (Å²) in [6.45, 7) is 12.3. The van der Waals surface area contributed by atoms with Gasteiger partial charge in [0.1, 0.15) is 0 Å². The Kier molecular flexibility index (Phi) is 4.48. The Balaban J connectivity index is 2.64. The quantitative estimate of drug-likeness (QED) is 0.776. The van der Waals surface area contributed by atoms with E-state index >= 15 is 0 Å². The van der Waals surface area contributed by atoms with Gasteiger partial charge in [0.15, 0.2) is 0 Å². The second-order valence-electron chi connectivity index (χ2n) is 3.99. The summed E-state index contributed by atoms with van der Waals surface area (Å²) in [5, 5.41) is 4.67. The molecule has 2 nitrogen and oxygen atoms in total. The van der Waals surface area contributed by atoms with Crippen LogP contribution < -0.4 is 5.32 Å². The normalized spacial score (nSPS) is 14.9. The van der Waals surface area contributed by atoms with Gasteiger partial charge in [-0.1, -0.05) is 6.08 Å². The molecule has 3 heteroatoms. The van der Waals surface area contributed by atoms with E-state index in [2.05, 4.69) is 44.6 Å². The third-order valence-corrected chi connectivity index (χ3v) is 3.31. The Morgan fingerprint density at radius 2 is 2.13 bits per heavy atom. The molecule has 0 saturated heterocycles. The second kappa shape index (κ2) is 5.42. The van der Waals surface area contributed by atoms with Crippen LogP contribution in [0.25, 0.3) is 0 Å². The summed E-state index contributed by atoms with van der Waals surface area (Å²) in [5.74, 6) is 0. The van der Waals surface area contributed by atoms with Crippen LogP contribution in [0, 0.1) is 13.8 Å². The standard InChI is InChI=1S/C12H20N2S/c1-6-7-8(2)13-9(3)12-10(4)15-11(5)14-12/h6,8-9,13H,1,7H2,2-5H3. The van der Waals surface area contributed by atoms with E-state index < -0.39 is 0 Å². The number of aromatic nitrogens is 1.